The molecule has 1 aromatic rings. The number of piperidine rings is 1. The first kappa shape index (κ1) is 13.9. The van der Waals surface area contributed by atoms with Crippen molar-refractivity contribution in [2.24, 2.45) is 5.92 Å². The van der Waals surface area contributed by atoms with Crippen LogP contribution in [-0.4, -0.2) is 37.0 Å². The van der Waals surface area contributed by atoms with Crippen LogP contribution in [0.15, 0.2) is 0 Å². The number of nitrogens with one attached hydrogen (secondary N) is 1. The molecule has 1 amide bonds. The van der Waals surface area contributed by atoms with E-state index in [0.717, 1.165) is 37.5 Å². The highest BCUT2D eigenvalue weighted by Gasteiger charge is 2.24. The molecule has 0 aliphatic carbocycles. The van der Waals surface area contributed by atoms with Gasteiger partial charge in [-0.25, -0.2) is 0 Å². The van der Waals surface area contributed by atoms with E-state index < -0.39 is 0 Å². The maximum atomic E-state index is 10.9. The first-order chi connectivity index (χ1) is 9.11. The summed E-state index contributed by atoms with van der Waals surface area (Å²) >= 11 is 1.38. The van der Waals surface area contributed by atoms with E-state index in [9.17, 15) is 4.79 Å². The van der Waals surface area contributed by atoms with Gasteiger partial charge in [-0.2, -0.15) is 4.37 Å². The molecule has 1 aliphatic rings. The Kier molecular flexibility index (Phi) is 4.47. The lowest BCUT2D eigenvalue weighted by atomic mass is 9.97. The van der Waals surface area contributed by atoms with Crippen LogP contribution in [0.5, 0.6) is 5.75 Å². The quantitative estimate of drug-likeness (QED) is 0.865. The van der Waals surface area contributed by atoms with Gasteiger partial charge in [0, 0.05) is 26.6 Å². The molecule has 1 aromatic heterocycles. The minimum Gasteiger partial charge on any atom is -0.490 e. The summed E-state index contributed by atoms with van der Waals surface area (Å²) in [6.45, 7) is 4.22. The van der Waals surface area contributed by atoms with Crippen LogP contribution >= 0.6 is 11.5 Å². The number of methoxy groups -OCH3 is 1. The van der Waals surface area contributed by atoms with Crippen LogP contribution in [0.2, 0.25) is 0 Å². The van der Waals surface area contributed by atoms with E-state index in [1.54, 1.807) is 14.0 Å². The Labute approximate surface area is 117 Å². The number of hydrogen-bond donors (Lipinski definition) is 2. The van der Waals surface area contributed by atoms with E-state index in [0.29, 0.717) is 17.5 Å². The van der Waals surface area contributed by atoms with Gasteiger partial charge in [0.05, 0.1) is 7.11 Å². The van der Waals surface area contributed by atoms with Crippen LogP contribution in [0.3, 0.4) is 0 Å². The van der Waals surface area contributed by atoms with E-state index in [2.05, 4.69) is 14.6 Å². The number of amides is 1. The van der Waals surface area contributed by atoms with Crippen LogP contribution in [0, 0.1) is 5.92 Å². The summed E-state index contributed by atoms with van der Waals surface area (Å²) in [6.07, 6.45) is 2.11. The predicted octanol–water partition coefficient (Wildman–Crippen LogP) is 1.09. The standard InChI is InChI=1S/C12H20N4O2S/c1-8(17)14-7-9-3-5-16(6-4-9)12-10(18-2)11(13)15-19-12/h9H,3-7H2,1-2H3,(H2,13,15)(H,14,17). The van der Waals surface area contributed by atoms with Crippen molar-refractivity contribution in [3.8, 4) is 5.75 Å². The second-order valence-corrected chi connectivity index (χ2v) is 5.53. The maximum Gasteiger partial charge on any atom is 0.216 e. The number of rotatable bonds is 4. The van der Waals surface area contributed by atoms with Crippen LogP contribution < -0.4 is 20.7 Å². The molecule has 0 bridgehead atoms. The van der Waals surface area contributed by atoms with Gasteiger partial charge in [-0.15, -0.1) is 0 Å². The highest BCUT2D eigenvalue weighted by Crippen LogP contribution is 2.39. The van der Waals surface area contributed by atoms with Crippen molar-refractivity contribution in [2.45, 2.75) is 19.8 Å². The SMILES string of the molecule is COc1c(N)nsc1N1CCC(CNC(C)=O)CC1. The molecule has 2 rings (SSSR count). The number of ether oxygens (including phenoxy) is 1. The van der Waals surface area contributed by atoms with Gasteiger partial charge >= 0.3 is 0 Å². The van der Waals surface area contributed by atoms with Gasteiger partial charge in [-0.05, 0) is 30.3 Å². The van der Waals surface area contributed by atoms with Gasteiger partial charge in [-0.3, -0.25) is 4.79 Å². The molecule has 0 radical (unpaired) electrons. The van der Waals surface area contributed by atoms with Crippen LogP contribution in [0.4, 0.5) is 10.8 Å². The number of anilines is 2. The molecule has 7 heteroatoms. The first-order valence-electron chi connectivity index (χ1n) is 6.40. The minimum absolute atomic E-state index is 0.0410. The number of carbonyl (C=O) groups is 1. The monoisotopic (exact) mass is 284 g/mol. The lowest BCUT2D eigenvalue weighted by molar-refractivity contribution is -0.119. The fourth-order valence-corrected chi connectivity index (χ4v) is 3.14. The fourth-order valence-electron chi connectivity index (χ4n) is 2.31. The van der Waals surface area contributed by atoms with Gasteiger partial charge in [0.1, 0.15) is 0 Å². The van der Waals surface area contributed by atoms with Crippen LogP contribution in [-0.2, 0) is 4.79 Å². The molecule has 0 aromatic carbocycles. The summed E-state index contributed by atoms with van der Waals surface area (Å²) in [4.78, 5) is 13.2. The van der Waals surface area contributed by atoms with Crippen LogP contribution in [0.25, 0.3) is 0 Å². The summed E-state index contributed by atoms with van der Waals surface area (Å²) < 4.78 is 9.44. The summed E-state index contributed by atoms with van der Waals surface area (Å²) in [5.74, 6) is 1.74. The first-order valence-corrected chi connectivity index (χ1v) is 7.17. The fraction of sp³-hybridized carbons (Fsp3) is 0.667. The molecule has 0 saturated carbocycles. The van der Waals surface area contributed by atoms with Gasteiger partial charge < -0.3 is 20.7 Å². The second-order valence-electron chi connectivity index (χ2n) is 4.77. The van der Waals surface area contributed by atoms with Crippen LogP contribution in [0.1, 0.15) is 19.8 Å². The molecule has 1 saturated heterocycles. The summed E-state index contributed by atoms with van der Waals surface area (Å²) in [6, 6.07) is 0. The number of carbonyl (C=O) groups excluding carboxylic acids is 1. The minimum atomic E-state index is 0.0410. The lowest BCUT2D eigenvalue weighted by Crippen LogP contribution is -2.38. The number of aromatic nitrogens is 1. The zero-order valence-electron chi connectivity index (χ0n) is 11.3. The third-order valence-corrected chi connectivity index (χ3v) is 4.31. The number of nitrogen functional groups attached to an aromatic ring is 1. The molecule has 1 fully saturated rings. The lowest BCUT2D eigenvalue weighted by Gasteiger charge is -2.32. The van der Waals surface area contributed by atoms with Crippen molar-refractivity contribution in [3.63, 3.8) is 0 Å². The number of nitrogens with two attached hydrogens (primary N) is 1. The number of nitrogens with zero attached hydrogens (tertiary/aromatic N) is 2. The van der Waals surface area contributed by atoms with Crippen molar-refractivity contribution in [3.05, 3.63) is 0 Å². The topological polar surface area (TPSA) is 80.5 Å². The normalized spacial score (nSPS) is 16.4. The zero-order chi connectivity index (χ0) is 13.8. The van der Waals surface area contributed by atoms with E-state index in [1.807, 2.05) is 0 Å². The summed E-state index contributed by atoms with van der Waals surface area (Å²) in [5.41, 5.74) is 5.77. The van der Waals surface area contributed by atoms with Gasteiger partial charge in [0.2, 0.25) is 5.91 Å². The maximum absolute atomic E-state index is 10.9. The molecule has 0 spiro atoms. The molecule has 2 heterocycles. The largest absolute Gasteiger partial charge is 0.490 e. The average molecular weight is 284 g/mol. The molecular weight excluding hydrogens is 264 g/mol. The Hall–Kier alpha value is -1.50. The van der Waals surface area contributed by atoms with Crippen molar-refractivity contribution in [1.29, 1.82) is 0 Å². The highest BCUT2D eigenvalue weighted by atomic mass is 32.1. The molecule has 19 heavy (non-hydrogen) atoms. The Morgan fingerprint density at radius 2 is 2.26 bits per heavy atom. The molecule has 106 valence electrons. The molecule has 0 unspecified atom stereocenters. The summed E-state index contributed by atoms with van der Waals surface area (Å²) in [5, 5.41) is 3.90. The van der Waals surface area contributed by atoms with Gasteiger partial charge in [-0.1, -0.05) is 0 Å². The highest BCUT2D eigenvalue weighted by molar-refractivity contribution is 7.11. The van der Waals surface area contributed by atoms with E-state index in [1.165, 1.54) is 11.5 Å². The Bertz CT molecular complexity index is 441. The van der Waals surface area contributed by atoms with Crippen molar-refractivity contribution >= 4 is 28.3 Å². The number of hydrogen-bond acceptors (Lipinski definition) is 6. The predicted molar refractivity (Wildman–Crippen MR) is 76.7 cm³/mol. The van der Waals surface area contributed by atoms with Gasteiger partial charge in [0.15, 0.2) is 16.6 Å². The van der Waals surface area contributed by atoms with Crippen molar-refractivity contribution < 1.29 is 9.53 Å². The molecule has 1 aliphatic heterocycles. The van der Waals surface area contributed by atoms with Crippen molar-refractivity contribution in [2.75, 3.05) is 37.4 Å². The third-order valence-electron chi connectivity index (χ3n) is 3.40. The van der Waals surface area contributed by atoms with E-state index >= 15 is 0 Å². The third kappa shape index (κ3) is 3.28. The molecule has 3 N–H and O–H groups in total. The van der Waals surface area contributed by atoms with Crippen molar-refractivity contribution in [1.82, 2.24) is 9.69 Å². The van der Waals surface area contributed by atoms with E-state index in [-0.39, 0.29) is 5.91 Å². The smallest absolute Gasteiger partial charge is 0.216 e. The Morgan fingerprint density at radius 1 is 1.58 bits per heavy atom. The second kappa shape index (κ2) is 6.10. The molecule has 6 nitrogen and oxygen atoms in total. The van der Waals surface area contributed by atoms with Gasteiger partial charge in [0.25, 0.3) is 0 Å². The molecular formula is C12H20N4O2S. The molecule has 0 atom stereocenters. The average Bonchev–Trinajstić information content (AvgIpc) is 2.78. The summed E-state index contributed by atoms with van der Waals surface area (Å²) in [7, 11) is 1.62. The Balaban J connectivity index is 1.90. The Morgan fingerprint density at radius 3 is 2.84 bits per heavy atom. The van der Waals surface area contributed by atoms with E-state index in [4.69, 9.17) is 10.5 Å². The zero-order valence-corrected chi connectivity index (χ0v) is 12.1.